The summed E-state index contributed by atoms with van der Waals surface area (Å²) in [6.07, 6.45) is 0. The maximum atomic E-state index is 12.2. The number of benzene rings is 1. The third-order valence-electron chi connectivity index (χ3n) is 2.58. The van der Waals surface area contributed by atoms with Crippen molar-refractivity contribution < 1.29 is 19.6 Å². The van der Waals surface area contributed by atoms with E-state index in [-0.39, 0.29) is 21.8 Å². The van der Waals surface area contributed by atoms with E-state index in [0.29, 0.717) is 0 Å². The number of hydrogen-bond donors (Lipinski definition) is 1. The number of nitro benzene ring substituents is 1. The predicted molar refractivity (Wildman–Crippen MR) is 74.6 cm³/mol. The Hall–Kier alpha value is -1.96. The highest BCUT2D eigenvalue weighted by Gasteiger charge is 2.23. The van der Waals surface area contributed by atoms with E-state index >= 15 is 0 Å². The highest BCUT2D eigenvalue weighted by molar-refractivity contribution is 9.10. The van der Waals surface area contributed by atoms with Crippen molar-refractivity contribution in [2.24, 2.45) is 0 Å². The lowest BCUT2D eigenvalue weighted by Gasteiger charge is -2.24. The van der Waals surface area contributed by atoms with Crippen LogP contribution in [0.5, 0.6) is 0 Å². The highest BCUT2D eigenvalue weighted by atomic mass is 79.9. The van der Waals surface area contributed by atoms with Gasteiger partial charge in [-0.2, -0.15) is 0 Å². The summed E-state index contributed by atoms with van der Waals surface area (Å²) in [6, 6.07) is 3.60. The third-order valence-corrected chi connectivity index (χ3v) is 3.25. The minimum Gasteiger partial charge on any atom is -0.480 e. The van der Waals surface area contributed by atoms with Gasteiger partial charge in [-0.05, 0) is 41.9 Å². The lowest BCUT2D eigenvalue weighted by molar-refractivity contribution is -0.385. The maximum absolute atomic E-state index is 12.2. The highest BCUT2D eigenvalue weighted by Crippen LogP contribution is 2.26. The van der Waals surface area contributed by atoms with Crippen molar-refractivity contribution in [1.82, 2.24) is 4.90 Å². The fourth-order valence-electron chi connectivity index (χ4n) is 1.59. The molecular formula is C12H13BrN2O5. The topological polar surface area (TPSA) is 101 Å². The molecule has 0 aromatic heterocycles. The average Bonchev–Trinajstić information content (AvgIpc) is 2.34. The van der Waals surface area contributed by atoms with E-state index in [1.54, 1.807) is 13.8 Å². The summed E-state index contributed by atoms with van der Waals surface area (Å²) >= 11 is 3.03. The van der Waals surface area contributed by atoms with E-state index in [2.05, 4.69) is 15.9 Å². The second kappa shape index (κ2) is 6.47. The first-order chi connectivity index (χ1) is 9.23. The lowest BCUT2D eigenvalue weighted by Crippen LogP contribution is -2.40. The second-order valence-electron chi connectivity index (χ2n) is 4.34. The van der Waals surface area contributed by atoms with Gasteiger partial charge in [-0.25, -0.2) is 0 Å². The monoisotopic (exact) mass is 344 g/mol. The number of nitrogens with zero attached hydrogens (tertiary/aromatic N) is 2. The Bertz CT molecular complexity index is 559. The van der Waals surface area contributed by atoms with E-state index < -0.39 is 23.3 Å². The molecule has 1 N–H and O–H groups in total. The first kappa shape index (κ1) is 16.1. The third kappa shape index (κ3) is 3.77. The average molecular weight is 345 g/mol. The SMILES string of the molecule is CC(C)N(CC(=O)O)C(=O)c1ccc(Br)c([N+](=O)[O-])c1. The molecule has 0 atom stereocenters. The fourth-order valence-corrected chi connectivity index (χ4v) is 1.98. The number of halogens is 1. The zero-order chi connectivity index (χ0) is 15.4. The minimum atomic E-state index is -1.14. The van der Waals surface area contributed by atoms with Crippen molar-refractivity contribution in [3.63, 3.8) is 0 Å². The number of aliphatic carboxylic acids is 1. The van der Waals surface area contributed by atoms with Crippen LogP contribution in [-0.4, -0.2) is 39.4 Å². The minimum absolute atomic E-state index is 0.0786. The molecule has 0 bridgehead atoms. The molecule has 20 heavy (non-hydrogen) atoms. The number of carboxylic acid groups (broad SMARTS) is 1. The number of carbonyl (C=O) groups excluding carboxylic acids is 1. The molecule has 0 aliphatic rings. The van der Waals surface area contributed by atoms with Gasteiger partial charge in [0.05, 0.1) is 9.40 Å². The summed E-state index contributed by atoms with van der Waals surface area (Å²) in [5.41, 5.74) is -0.162. The molecule has 0 spiro atoms. The van der Waals surface area contributed by atoms with Crippen molar-refractivity contribution in [2.45, 2.75) is 19.9 Å². The summed E-state index contributed by atoms with van der Waals surface area (Å²) in [4.78, 5) is 34.4. The lowest BCUT2D eigenvalue weighted by atomic mass is 10.1. The van der Waals surface area contributed by atoms with Gasteiger partial charge in [-0.1, -0.05) is 0 Å². The number of carbonyl (C=O) groups is 2. The van der Waals surface area contributed by atoms with Crippen molar-refractivity contribution >= 4 is 33.5 Å². The Balaban J connectivity index is 3.15. The van der Waals surface area contributed by atoms with Crippen molar-refractivity contribution in [3.8, 4) is 0 Å². The first-order valence-electron chi connectivity index (χ1n) is 5.70. The van der Waals surface area contributed by atoms with Gasteiger partial charge in [-0.15, -0.1) is 0 Å². The number of hydrogen-bond acceptors (Lipinski definition) is 4. The molecular weight excluding hydrogens is 332 g/mol. The normalized spacial score (nSPS) is 10.4. The summed E-state index contributed by atoms with van der Waals surface area (Å²) in [7, 11) is 0. The van der Waals surface area contributed by atoms with Gasteiger partial charge in [0.2, 0.25) is 0 Å². The maximum Gasteiger partial charge on any atom is 0.323 e. The van der Waals surface area contributed by atoms with Gasteiger partial charge in [0.25, 0.3) is 11.6 Å². The quantitative estimate of drug-likeness (QED) is 0.652. The van der Waals surface area contributed by atoms with Crippen LogP contribution < -0.4 is 0 Å². The molecule has 1 amide bonds. The van der Waals surface area contributed by atoms with Gasteiger partial charge < -0.3 is 10.0 Å². The van der Waals surface area contributed by atoms with Gasteiger partial charge in [0, 0.05) is 17.7 Å². The van der Waals surface area contributed by atoms with Crippen LogP contribution in [0.1, 0.15) is 24.2 Å². The van der Waals surface area contributed by atoms with E-state index in [1.807, 2.05) is 0 Å². The van der Waals surface area contributed by atoms with Crippen LogP contribution in [-0.2, 0) is 4.79 Å². The number of nitro groups is 1. The van der Waals surface area contributed by atoms with Gasteiger partial charge in [-0.3, -0.25) is 19.7 Å². The summed E-state index contributed by atoms with van der Waals surface area (Å²) in [6.45, 7) is 2.89. The van der Waals surface area contributed by atoms with Crippen LogP contribution in [0.15, 0.2) is 22.7 Å². The molecule has 0 saturated carbocycles. The zero-order valence-electron chi connectivity index (χ0n) is 10.9. The van der Waals surface area contributed by atoms with Gasteiger partial charge in [0.15, 0.2) is 0 Å². The summed E-state index contributed by atoms with van der Waals surface area (Å²) < 4.78 is 0.258. The molecule has 1 rings (SSSR count). The molecule has 0 unspecified atom stereocenters. The smallest absolute Gasteiger partial charge is 0.323 e. The molecule has 8 heteroatoms. The molecule has 108 valence electrons. The van der Waals surface area contributed by atoms with E-state index in [0.717, 1.165) is 11.0 Å². The van der Waals surface area contributed by atoms with Crippen molar-refractivity contribution in [1.29, 1.82) is 0 Å². The molecule has 7 nitrogen and oxygen atoms in total. The van der Waals surface area contributed by atoms with E-state index in [9.17, 15) is 19.7 Å². The Morgan fingerprint density at radius 2 is 2.05 bits per heavy atom. The zero-order valence-corrected chi connectivity index (χ0v) is 12.5. The Morgan fingerprint density at radius 3 is 2.50 bits per heavy atom. The molecule has 0 aliphatic heterocycles. The molecule has 0 saturated heterocycles. The molecule has 0 heterocycles. The van der Waals surface area contributed by atoms with E-state index in [4.69, 9.17) is 5.11 Å². The summed E-state index contributed by atoms with van der Waals surface area (Å²) in [5, 5.41) is 19.6. The number of amides is 1. The number of rotatable bonds is 5. The first-order valence-corrected chi connectivity index (χ1v) is 6.50. The van der Waals surface area contributed by atoms with Crippen LogP contribution in [0, 0.1) is 10.1 Å². The van der Waals surface area contributed by atoms with Gasteiger partial charge in [0.1, 0.15) is 6.54 Å². The predicted octanol–water partition coefficient (Wildman–Crippen LogP) is 2.29. The Kier molecular flexibility index (Phi) is 5.20. The van der Waals surface area contributed by atoms with Crippen molar-refractivity contribution in [3.05, 3.63) is 38.3 Å². The molecule has 1 aromatic rings. The Labute approximate surface area is 123 Å². The molecule has 0 radical (unpaired) electrons. The van der Waals surface area contributed by atoms with Crippen LogP contribution in [0.3, 0.4) is 0 Å². The van der Waals surface area contributed by atoms with Crippen LogP contribution >= 0.6 is 15.9 Å². The van der Waals surface area contributed by atoms with Crippen LogP contribution in [0.2, 0.25) is 0 Å². The van der Waals surface area contributed by atoms with Crippen LogP contribution in [0.4, 0.5) is 5.69 Å². The van der Waals surface area contributed by atoms with E-state index in [1.165, 1.54) is 12.1 Å². The van der Waals surface area contributed by atoms with Gasteiger partial charge >= 0.3 is 5.97 Å². The molecule has 1 aromatic carbocycles. The molecule has 0 aliphatic carbocycles. The number of carboxylic acids is 1. The largest absolute Gasteiger partial charge is 0.480 e. The summed E-state index contributed by atoms with van der Waals surface area (Å²) in [5.74, 6) is -1.70. The standard InChI is InChI=1S/C12H13BrN2O5/c1-7(2)14(6-11(16)17)12(18)8-3-4-9(13)10(5-8)15(19)20/h3-5,7H,6H2,1-2H3,(H,16,17). The van der Waals surface area contributed by atoms with Crippen LogP contribution in [0.25, 0.3) is 0 Å². The van der Waals surface area contributed by atoms with Crippen molar-refractivity contribution in [2.75, 3.05) is 6.54 Å². The Morgan fingerprint density at radius 1 is 1.45 bits per heavy atom. The second-order valence-corrected chi connectivity index (χ2v) is 5.20. The fraction of sp³-hybridized carbons (Fsp3) is 0.333. The molecule has 0 fully saturated rings.